The van der Waals surface area contributed by atoms with Crippen molar-refractivity contribution in [1.82, 2.24) is 9.97 Å². The van der Waals surface area contributed by atoms with E-state index in [1.807, 2.05) is 36.0 Å². The van der Waals surface area contributed by atoms with Crippen molar-refractivity contribution in [2.45, 2.75) is 17.9 Å². The summed E-state index contributed by atoms with van der Waals surface area (Å²) in [4.78, 5) is 7.80. The number of thioether (sulfide) groups is 1. The summed E-state index contributed by atoms with van der Waals surface area (Å²) in [5.41, 5.74) is 7.70. The van der Waals surface area contributed by atoms with Crippen molar-refractivity contribution < 1.29 is 0 Å². The summed E-state index contributed by atoms with van der Waals surface area (Å²) in [6.07, 6.45) is 0. The lowest BCUT2D eigenvalue weighted by atomic mass is 10.3. The molecule has 1 unspecified atom stereocenters. The Hall–Kier alpha value is -1.00. The number of hydrogen-bond acceptors (Lipinski definition) is 3. The number of nitrogens with one attached hydrogen (secondary N) is 1. The van der Waals surface area contributed by atoms with Crippen LogP contribution in [0.3, 0.4) is 0 Å². The lowest BCUT2D eigenvalue weighted by Crippen LogP contribution is -2.12. The summed E-state index contributed by atoms with van der Waals surface area (Å²) >= 11 is 1.83. The Morgan fingerprint density at radius 2 is 2.27 bits per heavy atom. The molecular formula is C11H15N3S. The molecule has 0 radical (unpaired) electrons. The molecule has 80 valence electrons. The predicted octanol–water partition coefficient (Wildman–Crippen LogP) is 2.14. The molecule has 3 N–H and O–H groups in total. The van der Waals surface area contributed by atoms with Crippen LogP contribution in [0.5, 0.6) is 0 Å². The van der Waals surface area contributed by atoms with E-state index in [-0.39, 0.29) is 0 Å². The highest BCUT2D eigenvalue weighted by Gasteiger charge is 2.04. The Morgan fingerprint density at radius 3 is 3.00 bits per heavy atom. The largest absolute Gasteiger partial charge is 0.341 e. The van der Waals surface area contributed by atoms with Crippen molar-refractivity contribution in [2.75, 3.05) is 6.54 Å². The first kappa shape index (κ1) is 10.5. The molecule has 1 heterocycles. The number of imidazole rings is 1. The van der Waals surface area contributed by atoms with E-state index in [1.165, 1.54) is 0 Å². The Morgan fingerprint density at radius 1 is 1.47 bits per heavy atom. The number of nitrogens with two attached hydrogens (primary N) is 1. The molecule has 3 nitrogen and oxygen atoms in total. The number of fused-ring (bicyclic) bond motifs is 1. The van der Waals surface area contributed by atoms with E-state index in [1.54, 1.807) is 0 Å². The number of hydrogen-bond donors (Lipinski definition) is 2. The monoisotopic (exact) mass is 221 g/mol. The zero-order valence-electron chi connectivity index (χ0n) is 8.73. The quantitative estimate of drug-likeness (QED) is 0.831. The zero-order valence-corrected chi connectivity index (χ0v) is 9.55. The minimum Gasteiger partial charge on any atom is -0.341 e. The molecular weight excluding hydrogens is 206 g/mol. The maximum absolute atomic E-state index is 5.56. The van der Waals surface area contributed by atoms with E-state index < -0.39 is 0 Å². The second kappa shape index (κ2) is 4.68. The van der Waals surface area contributed by atoms with Crippen molar-refractivity contribution >= 4 is 22.8 Å². The number of para-hydroxylation sites is 2. The van der Waals surface area contributed by atoms with Gasteiger partial charge in [-0.2, -0.15) is 0 Å². The molecule has 15 heavy (non-hydrogen) atoms. The van der Waals surface area contributed by atoms with Gasteiger partial charge in [-0.25, -0.2) is 4.98 Å². The summed E-state index contributed by atoms with van der Waals surface area (Å²) in [6.45, 7) is 2.85. The van der Waals surface area contributed by atoms with Gasteiger partial charge < -0.3 is 10.7 Å². The smallest absolute Gasteiger partial charge is 0.117 e. The van der Waals surface area contributed by atoms with Crippen LogP contribution in [-0.2, 0) is 5.75 Å². The SMILES string of the molecule is CC(CN)SCc1nc2ccccc2[nH]1. The third-order valence-corrected chi connectivity index (χ3v) is 3.48. The topological polar surface area (TPSA) is 54.7 Å². The third-order valence-electron chi connectivity index (χ3n) is 2.27. The highest BCUT2D eigenvalue weighted by atomic mass is 32.2. The van der Waals surface area contributed by atoms with Crippen LogP contribution >= 0.6 is 11.8 Å². The zero-order chi connectivity index (χ0) is 10.7. The summed E-state index contributed by atoms with van der Waals surface area (Å²) in [5, 5.41) is 0.484. The van der Waals surface area contributed by atoms with Gasteiger partial charge in [0.1, 0.15) is 5.82 Å². The van der Waals surface area contributed by atoms with Gasteiger partial charge >= 0.3 is 0 Å². The molecule has 4 heteroatoms. The van der Waals surface area contributed by atoms with Crippen molar-refractivity contribution in [1.29, 1.82) is 0 Å². The van der Waals surface area contributed by atoms with Crippen molar-refractivity contribution in [2.24, 2.45) is 5.73 Å². The van der Waals surface area contributed by atoms with Crippen LogP contribution in [0.4, 0.5) is 0 Å². The number of rotatable bonds is 4. The molecule has 2 rings (SSSR count). The third kappa shape index (κ3) is 2.52. The fourth-order valence-corrected chi connectivity index (χ4v) is 2.08. The predicted molar refractivity (Wildman–Crippen MR) is 65.9 cm³/mol. The van der Waals surface area contributed by atoms with Crippen LogP contribution in [0.2, 0.25) is 0 Å². The Kier molecular flexibility index (Phi) is 3.28. The van der Waals surface area contributed by atoms with E-state index in [0.717, 1.165) is 22.6 Å². The van der Waals surface area contributed by atoms with E-state index in [4.69, 9.17) is 5.73 Å². The number of nitrogens with zero attached hydrogens (tertiary/aromatic N) is 1. The van der Waals surface area contributed by atoms with Crippen LogP contribution in [0.15, 0.2) is 24.3 Å². The number of benzene rings is 1. The molecule has 0 saturated heterocycles. The second-order valence-corrected chi connectivity index (χ2v) is 4.98. The molecule has 1 atom stereocenters. The average Bonchev–Trinajstić information content (AvgIpc) is 2.68. The van der Waals surface area contributed by atoms with Crippen LogP contribution in [0.1, 0.15) is 12.7 Å². The molecule has 0 aliphatic carbocycles. The molecule has 2 aromatic rings. The summed E-state index contributed by atoms with van der Waals surface area (Å²) in [6, 6.07) is 8.08. The minimum atomic E-state index is 0.484. The first-order valence-electron chi connectivity index (χ1n) is 5.05. The number of H-pyrrole nitrogens is 1. The highest BCUT2D eigenvalue weighted by molar-refractivity contribution is 7.99. The van der Waals surface area contributed by atoms with Crippen LogP contribution in [0.25, 0.3) is 11.0 Å². The number of aromatic nitrogens is 2. The van der Waals surface area contributed by atoms with Gasteiger partial charge in [0.25, 0.3) is 0 Å². The fourth-order valence-electron chi connectivity index (χ4n) is 1.36. The van der Waals surface area contributed by atoms with Crippen molar-refractivity contribution in [3.8, 4) is 0 Å². The first-order valence-corrected chi connectivity index (χ1v) is 6.10. The molecule has 1 aromatic heterocycles. The molecule has 0 bridgehead atoms. The summed E-state index contributed by atoms with van der Waals surface area (Å²) < 4.78 is 0. The van der Waals surface area contributed by atoms with Gasteiger partial charge in [0.05, 0.1) is 16.8 Å². The molecule has 0 saturated carbocycles. The molecule has 0 spiro atoms. The summed E-state index contributed by atoms with van der Waals surface area (Å²) in [5.74, 6) is 1.93. The van der Waals surface area contributed by atoms with Gasteiger partial charge in [0.15, 0.2) is 0 Å². The van der Waals surface area contributed by atoms with Gasteiger partial charge in [0, 0.05) is 11.8 Å². The Balaban J connectivity index is 2.09. The van der Waals surface area contributed by atoms with E-state index in [9.17, 15) is 0 Å². The normalized spacial score (nSPS) is 13.2. The number of aromatic amines is 1. The Labute approximate surface area is 93.5 Å². The van der Waals surface area contributed by atoms with Gasteiger partial charge in [0.2, 0.25) is 0 Å². The lowest BCUT2D eigenvalue weighted by Gasteiger charge is -2.05. The average molecular weight is 221 g/mol. The van der Waals surface area contributed by atoms with Gasteiger partial charge in [-0.05, 0) is 12.1 Å². The van der Waals surface area contributed by atoms with Crippen LogP contribution in [-0.4, -0.2) is 21.8 Å². The van der Waals surface area contributed by atoms with Crippen LogP contribution in [0, 0.1) is 0 Å². The molecule has 1 aromatic carbocycles. The molecule has 0 aliphatic heterocycles. The maximum Gasteiger partial charge on any atom is 0.117 e. The van der Waals surface area contributed by atoms with E-state index in [0.29, 0.717) is 11.8 Å². The van der Waals surface area contributed by atoms with Crippen molar-refractivity contribution in [3.05, 3.63) is 30.1 Å². The van der Waals surface area contributed by atoms with Gasteiger partial charge in [-0.3, -0.25) is 0 Å². The van der Waals surface area contributed by atoms with Gasteiger partial charge in [-0.1, -0.05) is 19.1 Å². The highest BCUT2D eigenvalue weighted by Crippen LogP contribution is 2.17. The second-order valence-electron chi connectivity index (χ2n) is 3.56. The van der Waals surface area contributed by atoms with Gasteiger partial charge in [-0.15, -0.1) is 11.8 Å². The molecule has 0 aliphatic rings. The van der Waals surface area contributed by atoms with E-state index in [2.05, 4.69) is 16.9 Å². The van der Waals surface area contributed by atoms with E-state index >= 15 is 0 Å². The summed E-state index contributed by atoms with van der Waals surface area (Å²) in [7, 11) is 0. The lowest BCUT2D eigenvalue weighted by molar-refractivity contribution is 0.947. The maximum atomic E-state index is 5.56. The fraction of sp³-hybridized carbons (Fsp3) is 0.364. The Bertz CT molecular complexity index is 405. The minimum absolute atomic E-state index is 0.484. The van der Waals surface area contributed by atoms with Crippen LogP contribution < -0.4 is 5.73 Å². The first-order chi connectivity index (χ1) is 7.29. The van der Waals surface area contributed by atoms with Crippen molar-refractivity contribution in [3.63, 3.8) is 0 Å². The standard InChI is InChI=1S/C11H15N3S/c1-8(6-12)15-7-11-13-9-4-2-3-5-10(9)14-11/h2-5,8H,6-7,12H2,1H3,(H,13,14). The molecule has 0 amide bonds. The molecule has 0 fully saturated rings.